The number of nitrogens with zero attached hydrogens (tertiary/aromatic N) is 3. The summed E-state index contributed by atoms with van der Waals surface area (Å²) in [5, 5.41) is 0. The predicted octanol–water partition coefficient (Wildman–Crippen LogP) is 3.24. The van der Waals surface area contributed by atoms with Gasteiger partial charge in [0, 0.05) is 18.9 Å². The Bertz CT molecular complexity index is 572. The van der Waals surface area contributed by atoms with Crippen LogP contribution in [0.1, 0.15) is 11.1 Å². The molecule has 3 nitrogen and oxygen atoms in total. The fraction of sp³-hybridized carbons (Fsp3) is 0.267. The van der Waals surface area contributed by atoms with Crippen molar-refractivity contribution < 1.29 is 0 Å². The Hall–Kier alpha value is -2.03. The van der Waals surface area contributed by atoms with Crippen LogP contribution in [0.15, 0.2) is 36.5 Å². The van der Waals surface area contributed by atoms with Gasteiger partial charge in [-0.1, -0.05) is 6.07 Å². The van der Waals surface area contributed by atoms with E-state index in [9.17, 15) is 0 Å². The van der Waals surface area contributed by atoms with Gasteiger partial charge in [-0.2, -0.15) is 0 Å². The van der Waals surface area contributed by atoms with Crippen molar-refractivity contribution in [2.24, 2.45) is 0 Å². The summed E-state index contributed by atoms with van der Waals surface area (Å²) < 4.78 is 0. The maximum absolute atomic E-state index is 4.45. The molecule has 92 valence electrons. The Labute approximate surface area is 108 Å². The minimum absolute atomic E-state index is 0.856. The molecule has 0 unspecified atom stereocenters. The van der Waals surface area contributed by atoms with Crippen LogP contribution in [0.2, 0.25) is 0 Å². The first-order valence-corrected chi connectivity index (χ1v) is 6.17. The number of benzene rings is 1. The molecule has 2 heterocycles. The third kappa shape index (κ3) is 1.72. The highest BCUT2D eigenvalue weighted by molar-refractivity contribution is 5.79. The largest absolute Gasteiger partial charge is 0.340 e. The van der Waals surface area contributed by atoms with E-state index in [-0.39, 0.29) is 0 Å². The lowest BCUT2D eigenvalue weighted by Crippen LogP contribution is -2.24. The van der Waals surface area contributed by atoms with E-state index in [1.165, 1.54) is 22.5 Å². The van der Waals surface area contributed by atoms with Crippen LogP contribution in [0, 0.1) is 13.8 Å². The first-order valence-electron chi connectivity index (χ1n) is 6.17. The molecule has 3 heteroatoms. The second kappa shape index (κ2) is 4.02. The topological polar surface area (TPSA) is 19.4 Å². The van der Waals surface area contributed by atoms with E-state index in [4.69, 9.17) is 0 Å². The molecule has 1 aliphatic heterocycles. The van der Waals surface area contributed by atoms with Gasteiger partial charge in [-0.3, -0.25) is 0 Å². The highest BCUT2D eigenvalue weighted by atomic mass is 15.4. The van der Waals surface area contributed by atoms with Gasteiger partial charge >= 0.3 is 0 Å². The zero-order valence-electron chi connectivity index (χ0n) is 11.0. The molecular formula is C15H17N3. The molecule has 0 bridgehead atoms. The number of hydrogen-bond acceptors (Lipinski definition) is 3. The van der Waals surface area contributed by atoms with Crippen molar-refractivity contribution in [1.82, 2.24) is 4.98 Å². The van der Waals surface area contributed by atoms with Crippen LogP contribution >= 0.6 is 0 Å². The molecule has 1 aliphatic rings. The molecule has 18 heavy (non-hydrogen) atoms. The van der Waals surface area contributed by atoms with E-state index in [0.717, 1.165) is 12.5 Å². The molecule has 0 atom stereocenters. The number of rotatable bonds is 1. The molecule has 2 aromatic rings. The molecule has 3 rings (SSSR count). The number of aromatic nitrogens is 1. The number of pyridine rings is 1. The molecule has 0 aliphatic carbocycles. The average Bonchev–Trinajstić information content (AvgIpc) is 2.66. The highest BCUT2D eigenvalue weighted by Crippen LogP contribution is 2.38. The first kappa shape index (κ1) is 11.1. The molecule has 0 amide bonds. The monoisotopic (exact) mass is 239 g/mol. The van der Waals surface area contributed by atoms with Gasteiger partial charge in [-0.05, 0) is 49.2 Å². The average molecular weight is 239 g/mol. The Balaban J connectivity index is 2.09. The molecule has 0 fully saturated rings. The minimum atomic E-state index is 0.856. The number of anilines is 3. The first-order chi connectivity index (χ1) is 8.65. The molecule has 1 aromatic carbocycles. The summed E-state index contributed by atoms with van der Waals surface area (Å²) >= 11 is 0. The quantitative estimate of drug-likeness (QED) is 0.761. The summed E-state index contributed by atoms with van der Waals surface area (Å²) in [6, 6.07) is 10.8. The standard InChI is InChI=1S/C15H17N3/c1-11-7-12(2)9-13(8-11)18-10-17(3)15-14(18)5-4-6-16-15/h4-9H,10H2,1-3H3. The number of fused-ring (bicyclic) bond motifs is 1. The van der Waals surface area contributed by atoms with Crippen LogP contribution in [0.5, 0.6) is 0 Å². The summed E-state index contributed by atoms with van der Waals surface area (Å²) in [4.78, 5) is 8.93. The van der Waals surface area contributed by atoms with Gasteiger partial charge in [-0.25, -0.2) is 4.98 Å². The van der Waals surface area contributed by atoms with E-state index in [2.05, 4.69) is 59.9 Å². The Morgan fingerprint density at radius 3 is 2.56 bits per heavy atom. The molecule has 0 saturated carbocycles. The lowest BCUT2D eigenvalue weighted by Gasteiger charge is -2.20. The zero-order chi connectivity index (χ0) is 12.7. The third-order valence-electron chi connectivity index (χ3n) is 3.29. The lowest BCUT2D eigenvalue weighted by molar-refractivity contribution is 0.937. The summed E-state index contributed by atoms with van der Waals surface area (Å²) in [5.41, 5.74) is 5.02. The predicted molar refractivity (Wildman–Crippen MR) is 75.6 cm³/mol. The van der Waals surface area contributed by atoms with E-state index in [1.807, 2.05) is 12.3 Å². The minimum Gasteiger partial charge on any atom is -0.340 e. The molecule has 0 saturated heterocycles. The molecular weight excluding hydrogens is 222 g/mol. The molecule has 0 spiro atoms. The van der Waals surface area contributed by atoms with Gasteiger partial charge in [0.1, 0.15) is 0 Å². The Kier molecular flexibility index (Phi) is 2.47. The molecule has 0 radical (unpaired) electrons. The van der Waals surface area contributed by atoms with Crippen LogP contribution in [0.4, 0.5) is 17.2 Å². The van der Waals surface area contributed by atoms with Gasteiger partial charge in [0.15, 0.2) is 5.82 Å². The maximum Gasteiger partial charge on any atom is 0.153 e. The fourth-order valence-corrected chi connectivity index (χ4v) is 2.58. The second-order valence-electron chi connectivity index (χ2n) is 4.96. The van der Waals surface area contributed by atoms with Gasteiger partial charge in [-0.15, -0.1) is 0 Å². The van der Waals surface area contributed by atoms with E-state index < -0.39 is 0 Å². The zero-order valence-corrected chi connectivity index (χ0v) is 11.0. The Morgan fingerprint density at radius 1 is 1.11 bits per heavy atom. The van der Waals surface area contributed by atoms with Crippen molar-refractivity contribution in [3.05, 3.63) is 47.7 Å². The summed E-state index contributed by atoms with van der Waals surface area (Å²) in [5.74, 6) is 1.05. The molecule has 1 aromatic heterocycles. The van der Waals surface area contributed by atoms with Crippen molar-refractivity contribution >= 4 is 17.2 Å². The molecule has 0 N–H and O–H groups in total. The Morgan fingerprint density at radius 2 is 1.83 bits per heavy atom. The van der Waals surface area contributed by atoms with Crippen LogP contribution in [0.25, 0.3) is 0 Å². The SMILES string of the molecule is Cc1cc(C)cc(N2CN(C)c3ncccc32)c1. The van der Waals surface area contributed by atoms with Crippen LogP contribution < -0.4 is 9.80 Å². The van der Waals surface area contributed by atoms with E-state index in [0.29, 0.717) is 0 Å². The normalized spacial score (nSPS) is 13.9. The summed E-state index contributed by atoms with van der Waals surface area (Å²) in [7, 11) is 2.08. The van der Waals surface area contributed by atoms with E-state index in [1.54, 1.807) is 0 Å². The fourth-order valence-electron chi connectivity index (χ4n) is 2.58. The maximum atomic E-state index is 4.45. The number of hydrogen-bond donors (Lipinski definition) is 0. The van der Waals surface area contributed by atoms with Crippen molar-refractivity contribution in [2.45, 2.75) is 13.8 Å². The highest BCUT2D eigenvalue weighted by Gasteiger charge is 2.25. The van der Waals surface area contributed by atoms with Crippen LogP contribution in [0.3, 0.4) is 0 Å². The van der Waals surface area contributed by atoms with Crippen molar-refractivity contribution in [2.75, 3.05) is 23.5 Å². The van der Waals surface area contributed by atoms with Crippen molar-refractivity contribution in [1.29, 1.82) is 0 Å². The second-order valence-corrected chi connectivity index (χ2v) is 4.96. The van der Waals surface area contributed by atoms with E-state index >= 15 is 0 Å². The lowest BCUT2D eigenvalue weighted by atomic mass is 10.1. The van der Waals surface area contributed by atoms with Crippen LogP contribution in [-0.2, 0) is 0 Å². The number of aryl methyl sites for hydroxylation is 2. The van der Waals surface area contributed by atoms with Crippen molar-refractivity contribution in [3.8, 4) is 0 Å². The van der Waals surface area contributed by atoms with Crippen molar-refractivity contribution in [3.63, 3.8) is 0 Å². The summed E-state index contributed by atoms with van der Waals surface area (Å²) in [6.45, 7) is 5.14. The van der Waals surface area contributed by atoms with Gasteiger partial charge in [0.2, 0.25) is 0 Å². The third-order valence-corrected chi connectivity index (χ3v) is 3.29. The van der Waals surface area contributed by atoms with Crippen LogP contribution in [-0.4, -0.2) is 18.7 Å². The summed E-state index contributed by atoms with van der Waals surface area (Å²) in [6.07, 6.45) is 1.85. The van der Waals surface area contributed by atoms with Gasteiger partial charge in [0.25, 0.3) is 0 Å². The van der Waals surface area contributed by atoms with Gasteiger partial charge in [0.05, 0.1) is 12.4 Å². The van der Waals surface area contributed by atoms with Gasteiger partial charge < -0.3 is 9.80 Å². The smallest absolute Gasteiger partial charge is 0.153 e.